The maximum atomic E-state index is 11.8. The van der Waals surface area contributed by atoms with Crippen molar-refractivity contribution in [2.45, 2.75) is 38.5 Å². The van der Waals surface area contributed by atoms with Gasteiger partial charge in [0.15, 0.2) is 0 Å². The fraction of sp³-hybridized carbons (Fsp3) is 0.500. The molecule has 0 radical (unpaired) electrons. The van der Waals surface area contributed by atoms with E-state index in [0.29, 0.717) is 5.57 Å². The molecule has 0 atom stereocenters. The van der Waals surface area contributed by atoms with E-state index in [1.807, 2.05) is 6.08 Å². The van der Waals surface area contributed by atoms with Crippen molar-refractivity contribution in [3.8, 4) is 0 Å². The zero-order valence-electron chi connectivity index (χ0n) is 10.2. The second-order valence-electron chi connectivity index (χ2n) is 4.44. The third-order valence-corrected chi connectivity index (χ3v) is 3.17. The van der Waals surface area contributed by atoms with Gasteiger partial charge in [-0.05, 0) is 37.3 Å². The van der Waals surface area contributed by atoms with Crippen LogP contribution in [-0.2, 0) is 14.3 Å². The Bertz CT molecular complexity index is 388. The molecule has 1 aliphatic heterocycles. The van der Waals surface area contributed by atoms with Gasteiger partial charge in [0.2, 0.25) is 0 Å². The Balaban J connectivity index is 2.32. The number of rotatable bonds is 1. The standard InChI is InChI=1S/C14H18O3/c1-16-14(15)13-8-11-6-4-2-3-5-7-12(13)10-17-9-11/h8-10H,2-7H2,1H3. The molecule has 17 heavy (non-hydrogen) atoms. The van der Waals surface area contributed by atoms with E-state index in [4.69, 9.17) is 9.47 Å². The summed E-state index contributed by atoms with van der Waals surface area (Å²) in [6, 6.07) is 0. The summed E-state index contributed by atoms with van der Waals surface area (Å²) in [5.74, 6) is -0.270. The molecule has 0 saturated carbocycles. The Morgan fingerprint density at radius 1 is 1.18 bits per heavy atom. The molecule has 0 unspecified atom stereocenters. The Hall–Kier alpha value is -1.51. The van der Waals surface area contributed by atoms with Crippen molar-refractivity contribution in [3.63, 3.8) is 0 Å². The second kappa shape index (κ2) is 5.71. The minimum atomic E-state index is -0.270. The molecule has 0 aromatic carbocycles. The van der Waals surface area contributed by atoms with Crippen LogP contribution in [0.2, 0.25) is 0 Å². The molecular weight excluding hydrogens is 216 g/mol. The third kappa shape index (κ3) is 2.99. The minimum absolute atomic E-state index is 0.270. The number of fused-ring (bicyclic) bond motifs is 2. The summed E-state index contributed by atoms with van der Waals surface area (Å²) in [4.78, 5) is 11.8. The van der Waals surface area contributed by atoms with Crippen LogP contribution in [0, 0.1) is 0 Å². The molecule has 0 saturated heterocycles. The summed E-state index contributed by atoms with van der Waals surface area (Å²) < 4.78 is 10.2. The zero-order valence-corrected chi connectivity index (χ0v) is 10.2. The first kappa shape index (κ1) is 12.0. The van der Waals surface area contributed by atoms with Gasteiger partial charge in [0.25, 0.3) is 0 Å². The number of hydrogen-bond donors (Lipinski definition) is 0. The SMILES string of the molecule is COC(=O)C1=CC2=COC=C1CCCCCC2. The van der Waals surface area contributed by atoms with Crippen molar-refractivity contribution >= 4 is 5.97 Å². The highest BCUT2D eigenvalue weighted by Crippen LogP contribution is 2.27. The van der Waals surface area contributed by atoms with Crippen molar-refractivity contribution in [1.29, 1.82) is 0 Å². The largest absolute Gasteiger partial charge is 0.472 e. The predicted octanol–water partition coefficient (Wildman–Crippen LogP) is 3.24. The summed E-state index contributed by atoms with van der Waals surface area (Å²) >= 11 is 0. The van der Waals surface area contributed by atoms with E-state index in [9.17, 15) is 4.79 Å². The molecule has 0 aromatic rings. The fourth-order valence-electron chi connectivity index (χ4n) is 2.20. The van der Waals surface area contributed by atoms with Gasteiger partial charge in [-0.15, -0.1) is 0 Å². The highest BCUT2D eigenvalue weighted by Gasteiger charge is 2.18. The molecule has 0 aromatic heterocycles. The number of carbonyl (C=O) groups is 1. The summed E-state index contributed by atoms with van der Waals surface area (Å²) in [5.41, 5.74) is 2.67. The van der Waals surface area contributed by atoms with Gasteiger partial charge in [-0.1, -0.05) is 12.8 Å². The number of esters is 1. The van der Waals surface area contributed by atoms with Gasteiger partial charge < -0.3 is 9.47 Å². The van der Waals surface area contributed by atoms with Crippen molar-refractivity contribution in [2.75, 3.05) is 7.11 Å². The second-order valence-corrected chi connectivity index (χ2v) is 4.44. The molecule has 0 spiro atoms. The van der Waals surface area contributed by atoms with Gasteiger partial charge in [-0.2, -0.15) is 0 Å². The lowest BCUT2D eigenvalue weighted by Gasteiger charge is -2.11. The van der Waals surface area contributed by atoms with Gasteiger partial charge in [-0.3, -0.25) is 0 Å². The van der Waals surface area contributed by atoms with E-state index in [1.54, 1.807) is 12.5 Å². The van der Waals surface area contributed by atoms with E-state index >= 15 is 0 Å². The molecule has 0 fully saturated rings. The van der Waals surface area contributed by atoms with Crippen molar-refractivity contribution in [1.82, 2.24) is 0 Å². The van der Waals surface area contributed by atoms with Gasteiger partial charge in [-0.25, -0.2) is 4.79 Å². The van der Waals surface area contributed by atoms with Crippen LogP contribution in [0.15, 0.2) is 35.3 Å². The fourth-order valence-corrected chi connectivity index (χ4v) is 2.20. The number of ether oxygens (including phenoxy) is 2. The minimum Gasteiger partial charge on any atom is -0.472 e. The smallest absolute Gasteiger partial charge is 0.338 e. The van der Waals surface area contributed by atoms with Crippen LogP contribution in [-0.4, -0.2) is 13.1 Å². The van der Waals surface area contributed by atoms with Crippen LogP contribution < -0.4 is 0 Å². The highest BCUT2D eigenvalue weighted by molar-refractivity contribution is 5.93. The lowest BCUT2D eigenvalue weighted by Crippen LogP contribution is -2.08. The molecule has 2 aliphatic rings. The lowest BCUT2D eigenvalue weighted by molar-refractivity contribution is -0.135. The van der Waals surface area contributed by atoms with Gasteiger partial charge in [0.05, 0.1) is 25.2 Å². The number of allylic oxidation sites excluding steroid dienone is 2. The predicted molar refractivity (Wildman–Crippen MR) is 65.1 cm³/mol. The van der Waals surface area contributed by atoms with Crippen molar-refractivity contribution in [3.05, 3.63) is 35.3 Å². The molecular formula is C14H18O3. The molecule has 1 aliphatic carbocycles. The van der Waals surface area contributed by atoms with Crippen molar-refractivity contribution < 1.29 is 14.3 Å². The quantitative estimate of drug-likeness (QED) is 0.653. The topological polar surface area (TPSA) is 35.5 Å². The van der Waals surface area contributed by atoms with Crippen LogP contribution in [0.3, 0.4) is 0 Å². The highest BCUT2D eigenvalue weighted by atomic mass is 16.5. The van der Waals surface area contributed by atoms with Gasteiger partial charge in [0.1, 0.15) is 0 Å². The summed E-state index contributed by atoms with van der Waals surface area (Å²) in [6.07, 6.45) is 11.9. The molecule has 2 rings (SSSR count). The van der Waals surface area contributed by atoms with E-state index in [2.05, 4.69) is 0 Å². The summed E-state index contributed by atoms with van der Waals surface area (Å²) in [5, 5.41) is 0. The monoisotopic (exact) mass is 234 g/mol. The number of methoxy groups -OCH3 is 1. The van der Waals surface area contributed by atoms with Crippen LogP contribution >= 0.6 is 0 Å². The number of carbonyl (C=O) groups excluding carboxylic acids is 1. The zero-order chi connectivity index (χ0) is 12.1. The van der Waals surface area contributed by atoms with Crippen LogP contribution in [0.25, 0.3) is 0 Å². The normalized spacial score (nSPS) is 20.4. The van der Waals surface area contributed by atoms with Crippen LogP contribution in [0.4, 0.5) is 0 Å². The molecule has 1 heterocycles. The molecule has 3 nitrogen and oxygen atoms in total. The molecule has 2 bridgehead atoms. The average molecular weight is 234 g/mol. The lowest BCUT2D eigenvalue weighted by atomic mass is 9.95. The first-order valence-electron chi connectivity index (χ1n) is 6.15. The first-order chi connectivity index (χ1) is 8.31. The molecule has 0 N–H and O–H groups in total. The molecule has 3 heteroatoms. The molecule has 0 amide bonds. The Labute approximate surface area is 102 Å². The average Bonchev–Trinajstić information content (AvgIpc) is 2.58. The Kier molecular flexibility index (Phi) is 4.02. The van der Waals surface area contributed by atoms with E-state index in [1.165, 1.54) is 20.0 Å². The maximum Gasteiger partial charge on any atom is 0.338 e. The van der Waals surface area contributed by atoms with Crippen LogP contribution in [0.1, 0.15) is 38.5 Å². The van der Waals surface area contributed by atoms with E-state index in [-0.39, 0.29) is 5.97 Å². The molecule has 92 valence electrons. The summed E-state index contributed by atoms with van der Waals surface area (Å²) in [7, 11) is 1.42. The van der Waals surface area contributed by atoms with Crippen molar-refractivity contribution in [2.24, 2.45) is 0 Å². The Morgan fingerprint density at radius 2 is 1.94 bits per heavy atom. The summed E-state index contributed by atoms with van der Waals surface area (Å²) in [6.45, 7) is 0. The maximum absolute atomic E-state index is 11.8. The van der Waals surface area contributed by atoms with E-state index in [0.717, 1.165) is 36.8 Å². The Morgan fingerprint density at radius 3 is 2.71 bits per heavy atom. The van der Waals surface area contributed by atoms with Gasteiger partial charge >= 0.3 is 5.97 Å². The van der Waals surface area contributed by atoms with E-state index < -0.39 is 0 Å². The van der Waals surface area contributed by atoms with Crippen LogP contribution in [0.5, 0.6) is 0 Å². The first-order valence-corrected chi connectivity index (χ1v) is 6.15. The number of hydrogen-bond acceptors (Lipinski definition) is 3. The third-order valence-electron chi connectivity index (χ3n) is 3.17. The van der Waals surface area contributed by atoms with Gasteiger partial charge in [0, 0.05) is 5.57 Å².